The van der Waals surface area contributed by atoms with Crippen LogP contribution >= 0.6 is 23.4 Å². The van der Waals surface area contributed by atoms with Crippen LogP contribution in [0.1, 0.15) is 15.9 Å². The number of ether oxygens (including phenoxy) is 1. The molecule has 1 amide bonds. The smallest absolute Gasteiger partial charge is 0.345 e. The van der Waals surface area contributed by atoms with Crippen molar-refractivity contribution in [3.8, 4) is 0 Å². The molecule has 2 aromatic carbocycles. The zero-order valence-corrected chi connectivity index (χ0v) is 16.2. The van der Waals surface area contributed by atoms with E-state index in [0.29, 0.717) is 6.54 Å². The van der Waals surface area contributed by atoms with Crippen molar-refractivity contribution in [2.75, 3.05) is 19.9 Å². The van der Waals surface area contributed by atoms with E-state index in [0.717, 1.165) is 16.5 Å². The van der Waals surface area contributed by atoms with Crippen molar-refractivity contribution in [2.24, 2.45) is 0 Å². The van der Waals surface area contributed by atoms with Crippen LogP contribution in [-0.4, -0.2) is 41.6 Å². The highest BCUT2D eigenvalue weighted by Crippen LogP contribution is 2.24. The van der Waals surface area contributed by atoms with Crippen LogP contribution in [0, 0.1) is 10.1 Å². The Balaban J connectivity index is 1.96. The van der Waals surface area contributed by atoms with Gasteiger partial charge in [-0.25, -0.2) is 4.79 Å². The largest absolute Gasteiger partial charge is 0.452 e. The number of rotatable bonds is 7. The summed E-state index contributed by atoms with van der Waals surface area (Å²) >= 11 is 7.33. The zero-order chi connectivity index (χ0) is 20.0. The summed E-state index contributed by atoms with van der Waals surface area (Å²) in [5, 5.41) is 11.2. The van der Waals surface area contributed by atoms with Crippen molar-refractivity contribution < 1.29 is 19.2 Å². The molecule has 142 valence electrons. The SMILES string of the molecule is CSc1ccc(CN(C)C(=O)COC(=O)c2ccc(Cl)cc2[N+](=O)[O-])cc1. The number of esters is 1. The lowest BCUT2D eigenvalue weighted by Gasteiger charge is -2.17. The van der Waals surface area contributed by atoms with E-state index in [1.807, 2.05) is 30.5 Å². The predicted octanol–water partition coefficient (Wildman–Crippen LogP) is 3.79. The minimum atomic E-state index is -0.954. The molecular formula is C18H17ClN2O5S. The lowest BCUT2D eigenvalue weighted by Crippen LogP contribution is -2.30. The number of hydrogen-bond donors (Lipinski definition) is 0. The van der Waals surface area contributed by atoms with Gasteiger partial charge >= 0.3 is 5.97 Å². The minimum absolute atomic E-state index is 0.126. The molecule has 0 atom stereocenters. The molecule has 0 saturated carbocycles. The number of nitro benzene ring substituents is 1. The van der Waals surface area contributed by atoms with Crippen molar-refractivity contribution in [3.63, 3.8) is 0 Å². The first-order valence-corrected chi connectivity index (χ1v) is 9.40. The molecule has 9 heteroatoms. The van der Waals surface area contributed by atoms with Gasteiger partial charge in [0.1, 0.15) is 5.56 Å². The maximum absolute atomic E-state index is 12.2. The fraction of sp³-hybridized carbons (Fsp3) is 0.222. The number of amides is 1. The van der Waals surface area contributed by atoms with Crippen LogP contribution in [0.3, 0.4) is 0 Å². The van der Waals surface area contributed by atoms with Crippen LogP contribution in [-0.2, 0) is 16.1 Å². The molecule has 0 bridgehead atoms. The number of nitrogens with zero attached hydrogens (tertiary/aromatic N) is 2. The summed E-state index contributed by atoms with van der Waals surface area (Å²) in [5.41, 5.74) is 0.206. The molecule has 2 aromatic rings. The van der Waals surface area contributed by atoms with Crippen LogP contribution in [0.15, 0.2) is 47.4 Å². The summed E-state index contributed by atoms with van der Waals surface area (Å²) < 4.78 is 4.93. The first kappa shape index (κ1) is 20.7. The minimum Gasteiger partial charge on any atom is -0.452 e. The first-order chi connectivity index (χ1) is 12.8. The number of hydrogen-bond acceptors (Lipinski definition) is 6. The summed E-state index contributed by atoms with van der Waals surface area (Å²) in [6.07, 6.45) is 1.98. The van der Waals surface area contributed by atoms with Gasteiger partial charge in [0.15, 0.2) is 6.61 Å². The van der Waals surface area contributed by atoms with E-state index in [-0.39, 0.29) is 10.6 Å². The van der Waals surface area contributed by atoms with Crippen molar-refractivity contribution in [2.45, 2.75) is 11.4 Å². The second kappa shape index (κ2) is 9.38. The van der Waals surface area contributed by atoms with Crippen LogP contribution in [0.25, 0.3) is 0 Å². The highest BCUT2D eigenvalue weighted by atomic mass is 35.5. The monoisotopic (exact) mass is 408 g/mol. The molecule has 0 aliphatic rings. The molecule has 0 heterocycles. The highest BCUT2D eigenvalue weighted by Gasteiger charge is 2.23. The Bertz CT molecular complexity index is 857. The molecule has 0 unspecified atom stereocenters. The fourth-order valence-corrected chi connectivity index (χ4v) is 2.81. The van der Waals surface area contributed by atoms with E-state index in [1.165, 1.54) is 17.0 Å². The fourth-order valence-electron chi connectivity index (χ4n) is 2.24. The summed E-state index contributed by atoms with van der Waals surface area (Å²) in [6.45, 7) is -0.163. The van der Waals surface area contributed by atoms with Crippen LogP contribution < -0.4 is 0 Å². The summed E-state index contributed by atoms with van der Waals surface area (Å²) in [5.74, 6) is -1.38. The van der Waals surface area contributed by atoms with Crippen molar-refractivity contribution in [3.05, 3.63) is 68.7 Å². The molecule has 0 saturated heterocycles. The van der Waals surface area contributed by atoms with Gasteiger partial charge in [-0.1, -0.05) is 23.7 Å². The molecule has 0 aromatic heterocycles. The van der Waals surface area contributed by atoms with E-state index in [2.05, 4.69) is 0 Å². The molecule has 0 aliphatic heterocycles. The van der Waals surface area contributed by atoms with Crippen LogP contribution in [0.5, 0.6) is 0 Å². The molecule has 0 radical (unpaired) electrons. The summed E-state index contributed by atoms with van der Waals surface area (Å²) in [4.78, 5) is 37.1. The molecule has 0 spiro atoms. The van der Waals surface area contributed by atoms with Gasteiger partial charge in [0, 0.05) is 29.6 Å². The summed E-state index contributed by atoms with van der Waals surface area (Å²) in [6, 6.07) is 11.3. The number of benzene rings is 2. The Morgan fingerprint density at radius 1 is 1.22 bits per heavy atom. The maximum atomic E-state index is 12.2. The predicted molar refractivity (Wildman–Crippen MR) is 103 cm³/mol. The number of carbonyl (C=O) groups is 2. The van der Waals surface area contributed by atoms with E-state index >= 15 is 0 Å². The number of nitro groups is 1. The topological polar surface area (TPSA) is 89.8 Å². The van der Waals surface area contributed by atoms with Gasteiger partial charge in [-0.3, -0.25) is 14.9 Å². The Morgan fingerprint density at radius 2 is 1.89 bits per heavy atom. The van der Waals surface area contributed by atoms with Crippen LogP contribution in [0.4, 0.5) is 5.69 Å². The van der Waals surface area contributed by atoms with Gasteiger partial charge in [-0.05, 0) is 36.1 Å². The standard InChI is InChI=1S/C18H17ClN2O5S/c1-20(10-12-3-6-14(27-2)7-4-12)17(22)11-26-18(23)15-8-5-13(19)9-16(15)21(24)25/h3-9H,10-11H2,1-2H3. The number of carbonyl (C=O) groups excluding carboxylic acids is 2. The van der Waals surface area contributed by atoms with Gasteiger partial charge in [0.05, 0.1) is 4.92 Å². The Kier molecular flexibility index (Phi) is 7.20. The number of likely N-dealkylation sites (N-methyl/N-ethyl adjacent to an activating group) is 1. The lowest BCUT2D eigenvalue weighted by molar-refractivity contribution is -0.385. The van der Waals surface area contributed by atoms with E-state index in [4.69, 9.17) is 16.3 Å². The second-order valence-corrected chi connectivity index (χ2v) is 6.91. The Hall–Kier alpha value is -2.58. The van der Waals surface area contributed by atoms with Crippen LogP contribution in [0.2, 0.25) is 5.02 Å². The second-order valence-electron chi connectivity index (χ2n) is 5.59. The zero-order valence-electron chi connectivity index (χ0n) is 14.7. The Labute approximate surface area is 165 Å². The third-order valence-corrected chi connectivity index (χ3v) is 4.69. The molecule has 2 rings (SSSR count). The van der Waals surface area contributed by atoms with E-state index < -0.39 is 29.1 Å². The first-order valence-electron chi connectivity index (χ1n) is 7.79. The lowest BCUT2D eigenvalue weighted by atomic mass is 10.2. The van der Waals surface area contributed by atoms with Crippen molar-refractivity contribution in [1.29, 1.82) is 0 Å². The Morgan fingerprint density at radius 3 is 2.48 bits per heavy atom. The van der Waals surface area contributed by atoms with Crippen molar-refractivity contribution >= 4 is 40.9 Å². The van der Waals surface area contributed by atoms with Gasteiger partial charge in [0.25, 0.3) is 11.6 Å². The van der Waals surface area contributed by atoms with Gasteiger partial charge < -0.3 is 9.64 Å². The molecule has 7 nitrogen and oxygen atoms in total. The molecule has 0 aliphatic carbocycles. The maximum Gasteiger partial charge on any atom is 0.345 e. The molecule has 0 N–H and O–H groups in total. The molecule has 0 fully saturated rings. The average molecular weight is 409 g/mol. The quantitative estimate of drug-likeness (QED) is 0.299. The van der Waals surface area contributed by atoms with E-state index in [9.17, 15) is 19.7 Å². The molecule has 27 heavy (non-hydrogen) atoms. The molecular weight excluding hydrogens is 392 g/mol. The van der Waals surface area contributed by atoms with Gasteiger partial charge in [0.2, 0.25) is 0 Å². The van der Waals surface area contributed by atoms with Gasteiger partial charge in [-0.2, -0.15) is 0 Å². The highest BCUT2D eigenvalue weighted by molar-refractivity contribution is 7.98. The van der Waals surface area contributed by atoms with Crippen molar-refractivity contribution in [1.82, 2.24) is 4.90 Å². The number of thioether (sulfide) groups is 1. The normalized spacial score (nSPS) is 10.3. The summed E-state index contributed by atoms with van der Waals surface area (Å²) in [7, 11) is 1.59. The third-order valence-electron chi connectivity index (χ3n) is 3.71. The number of halogens is 1. The van der Waals surface area contributed by atoms with Gasteiger partial charge in [-0.15, -0.1) is 11.8 Å². The third kappa shape index (κ3) is 5.70. The average Bonchev–Trinajstić information content (AvgIpc) is 2.66. The van der Waals surface area contributed by atoms with E-state index in [1.54, 1.807) is 18.8 Å².